The van der Waals surface area contributed by atoms with Gasteiger partial charge in [-0.1, -0.05) is 17.7 Å². The summed E-state index contributed by atoms with van der Waals surface area (Å²) in [5, 5.41) is 5.20. The second-order valence-electron chi connectivity index (χ2n) is 7.37. The van der Waals surface area contributed by atoms with Crippen molar-refractivity contribution >= 4 is 52.2 Å². The Morgan fingerprint density at radius 3 is 2.45 bits per heavy atom. The van der Waals surface area contributed by atoms with Crippen LogP contribution in [0.15, 0.2) is 66.0 Å². The summed E-state index contributed by atoms with van der Waals surface area (Å²) in [6.45, 7) is 2.69. The van der Waals surface area contributed by atoms with E-state index in [1.54, 1.807) is 48.5 Å². The Balaban J connectivity index is 1.53. The lowest BCUT2D eigenvalue weighted by atomic mass is 10.1. The highest BCUT2D eigenvalue weighted by Gasteiger charge is 2.46. The van der Waals surface area contributed by atoms with Crippen LogP contribution in [0.5, 0.6) is 5.75 Å². The van der Waals surface area contributed by atoms with Crippen molar-refractivity contribution in [1.29, 1.82) is 0 Å². The maximum Gasteiger partial charge on any atom is 0.332 e. The zero-order valence-electron chi connectivity index (χ0n) is 17.9. The van der Waals surface area contributed by atoms with Crippen molar-refractivity contribution in [2.75, 3.05) is 16.8 Å². The highest BCUT2D eigenvalue weighted by Crippen LogP contribution is 2.30. The SMILES string of the molecule is CCOc1ccc(NC(=O)C[C@@H]2C(=O)N(c3ccc(Cl)cc3)C(=O)N2Cc2cccs2)cc1. The summed E-state index contributed by atoms with van der Waals surface area (Å²) < 4.78 is 5.41. The summed E-state index contributed by atoms with van der Waals surface area (Å²) in [6, 6.07) is 15.8. The van der Waals surface area contributed by atoms with Crippen molar-refractivity contribution in [1.82, 2.24) is 4.90 Å². The molecular formula is C24H22ClN3O4S. The van der Waals surface area contributed by atoms with Crippen LogP contribution in [0.1, 0.15) is 18.2 Å². The number of amides is 4. The fourth-order valence-electron chi connectivity index (χ4n) is 3.60. The number of thiophene rings is 1. The van der Waals surface area contributed by atoms with Gasteiger partial charge in [0.25, 0.3) is 5.91 Å². The first-order valence-corrected chi connectivity index (χ1v) is 11.7. The lowest BCUT2D eigenvalue weighted by Gasteiger charge is -2.21. The average molecular weight is 484 g/mol. The zero-order chi connectivity index (χ0) is 23.4. The van der Waals surface area contributed by atoms with E-state index >= 15 is 0 Å². The van der Waals surface area contributed by atoms with E-state index in [1.165, 1.54) is 16.2 Å². The molecule has 9 heteroatoms. The summed E-state index contributed by atoms with van der Waals surface area (Å²) >= 11 is 7.45. The van der Waals surface area contributed by atoms with E-state index in [-0.39, 0.29) is 18.9 Å². The number of nitrogens with zero attached hydrogens (tertiary/aromatic N) is 2. The molecule has 4 rings (SSSR count). The quantitative estimate of drug-likeness (QED) is 0.448. The summed E-state index contributed by atoms with van der Waals surface area (Å²) in [5.41, 5.74) is 1.000. The smallest absolute Gasteiger partial charge is 0.332 e. The Morgan fingerprint density at radius 2 is 1.82 bits per heavy atom. The standard InChI is InChI=1S/C24H22ClN3O4S/c1-2-32-19-11-7-17(8-12-19)26-22(29)14-21-23(30)28(18-9-5-16(25)6-10-18)24(31)27(21)15-20-4-3-13-33-20/h3-13,21H,2,14-15H2,1H3,(H,26,29)/t21-/m1/s1. The van der Waals surface area contributed by atoms with E-state index in [0.717, 1.165) is 9.78 Å². The van der Waals surface area contributed by atoms with Crippen LogP contribution in [0.25, 0.3) is 0 Å². The first kappa shape index (κ1) is 22.8. The topological polar surface area (TPSA) is 79.0 Å². The molecular weight excluding hydrogens is 462 g/mol. The molecule has 0 bridgehead atoms. The van der Waals surface area contributed by atoms with Crippen molar-refractivity contribution < 1.29 is 19.1 Å². The first-order valence-electron chi connectivity index (χ1n) is 10.4. The largest absolute Gasteiger partial charge is 0.494 e. The van der Waals surface area contributed by atoms with E-state index < -0.39 is 18.0 Å². The van der Waals surface area contributed by atoms with Crippen LogP contribution in [0.2, 0.25) is 5.02 Å². The normalized spacial score (nSPS) is 15.8. The number of ether oxygens (including phenoxy) is 1. The molecule has 0 aliphatic carbocycles. The molecule has 1 N–H and O–H groups in total. The Kier molecular flexibility index (Phi) is 6.96. The summed E-state index contributed by atoms with van der Waals surface area (Å²) in [5.74, 6) is -0.104. The number of carbonyl (C=O) groups is 3. The molecule has 2 heterocycles. The van der Waals surface area contributed by atoms with Gasteiger partial charge < -0.3 is 15.0 Å². The minimum absolute atomic E-state index is 0.159. The van der Waals surface area contributed by atoms with Gasteiger partial charge in [0.05, 0.1) is 25.3 Å². The molecule has 3 aromatic rings. The number of carbonyl (C=O) groups excluding carboxylic acids is 3. The third-order valence-corrected chi connectivity index (χ3v) is 6.25. The van der Waals surface area contributed by atoms with Crippen molar-refractivity contribution in [3.8, 4) is 5.75 Å². The fourth-order valence-corrected chi connectivity index (χ4v) is 4.43. The second-order valence-corrected chi connectivity index (χ2v) is 8.83. The first-order chi connectivity index (χ1) is 16.0. The number of halogens is 1. The molecule has 0 unspecified atom stereocenters. The second kappa shape index (κ2) is 10.1. The number of benzene rings is 2. The van der Waals surface area contributed by atoms with Gasteiger partial charge in [-0.15, -0.1) is 11.3 Å². The van der Waals surface area contributed by atoms with Crippen LogP contribution < -0.4 is 15.0 Å². The molecule has 0 saturated carbocycles. The van der Waals surface area contributed by atoms with E-state index in [2.05, 4.69) is 5.32 Å². The van der Waals surface area contributed by atoms with Crippen LogP contribution in [0.3, 0.4) is 0 Å². The van der Waals surface area contributed by atoms with Crippen LogP contribution >= 0.6 is 22.9 Å². The van der Waals surface area contributed by atoms with Crippen molar-refractivity contribution in [3.63, 3.8) is 0 Å². The van der Waals surface area contributed by atoms with E-state index in [1.807, 2.05) is 24.4 Å². The van der Waals surface area contributed by atoms with Crippen LogP contribution in [-0.4, -0.2) is 35.4 Å². The highest BCUT2D eigenvalue weighted by atomic mass is 35.5. The average Bonchev–Trinajstić information content (AvgIpc) is 3.39. The Morgan fingerprint density at radius 1 is 1.09 bits per heavy atom. The minimum atomic E-state index is -0.919. The summed E-state index contributed by atoms with van der Waals surface area (Å²) in [4.78, 5) is 42.8. The van der Waals surface area contributed by atoms with Gasteiger partial charge in [-0.05, 0) is 66.9 Å². The lowest BCUT2D eigenvalue weighted by molar-refractivity contribution is -0.124. The zero-order valence-corrected chi connectivity index (χ0v) is 19.4. The van der Waals surface area contributed by atoms with Gasteiger partial charge in [0.1, 0.15) is 11.8 Å². The number of nitrogens with one attached hydrogen (secondary N) is 1. The summed E-state index contributed by atoms with van der Waals surface area (Å²) in [7, 11) is 0. The molecule has 1 atom stereocenters. The Labute approximate surface area is 200 Å². The van der Waals surface area contributed by atoms with Gasteiger partial charge in [0.2, 0.25) is 5.91 Å². The maximum absolute atomic E-state index is 13.3. The van der Waals surface area contributed by atoms with E-state index in [4.69, 9.17) is 16.3 Å². The minimum Gasteiger partial charge on any atom is -0.494 e. The molecule has 2 aromatic carbocycles. The number of rotatable bonds is 8. The van der Waals surface area contributed by atoms with E-state index in [0.29, 0.717) is 28.8 Å². The Hall–Kier alpha value is -3.36. The number of imide groups is 1. The highest BCUT2D eigenvalue weighted by molar-refractivity contribution is 7.09. The molecule has 1 fully saturated rings. The molecule has 0 spiro atoms. The van der Waals surface area contributed by atoms with Crippen molar-refractivity contribution in [2.24, 2.45) is 0 Å². The molecule has 170 valence electrons. The number of urea groups is 1. The van der Waals surface area contributed by atoms with Gasteiger partial charge in [-0.25, -0.2) is 9.69 Å². The Bertz CT molecular complexity index is 1130. The predicted octanol–water partition coefficient (Wildman–Crippen LogP) is 5.17. The van der Waals surface area contributed by atoms with Gasteiger partial charge in [-0.2, -0.15) is 0 Å². The van der Waals surface area contributed by atoms with Crippen LogP contribution in [0, 0.1) is 0 Å². The molecule has 4 amide bonds. The van der Waals surface area contributed by atoms with Crippen LogP contribution in [-0.2, 0) is 16.1 Å². The van der Waals surface area contributed by atoms with Gasteiger partial charge in [0.15, 0.2) is 0 Å². The molecule has 0 radical (unpaired) electrons. The predicted molar refractivity (Wildman–Crippen MR) is 129 cm³/mol. The molecule has 33 heavy (non-hydrogen) atoms. The molecule has 1 aliphatic heterocycles. The van der Waals surface area contributed by atoms with Crippen LogP contribution in [0.4, 0.5) is 16.2 Å². The third kappa shape index (κ3) is 5.18. The molecule has 1 aromatic heterocycles. The number of anilines is 2. The van der Waals surface area contributed by atoms with Crippen molar-refractivity contribution in [3.05, 3.63) is 75.9 Å². The fraction of sp³-hybridized carbons (Fsp3) is 0.208. The van der Waals surface area contributed by atoms with Crippen molar-refractivity contribution in [2.45, 2.75) is 25.9 Å². The number of hydrogen-bond donors (Lipinski definition) is 1. The number of hydrogen-bond acceptors (Lipinski definition) is 5. The van der Waals surface area contributed by atoms with Gasteiger partial charge in [0, 0.05) is 15.6 Å². The summed E-state index contributed by atoms with van der Waals surface area (Å²) in [6.07, 6.45) is -0.159. The van der Waals surface area contributed by atoms with E-state index in [9.17, 15) is 14.4 Å². The van der Waals surface area contributed by atoms with Gasteiger partial charge >= 0.3 is 6.03 Å². The monoisotopic (exact) mass is 483 g/mol. The molecule has 1 aliphatic rings. The lowest BCUT2D eigenvalue weighted by Crippen LogP contribution is -2.37. The third-order valence-electron chi connectivity index (χ3n) is 5.14. The van der Waals surface area contributed by atoms with Gasteiger partial charge in [-0.3, -0.25) is 9.59 Å². The maximum atomic E-state index is 13.3. The molecule has 1 saturated heterocycles. The molecule has 7 nitrogen and oxygen atoms in total.